The monoisotopic (exact) mass is 690 g/mol. The molecular formula is C46H30N2Se. The summed E-state index contributed by atoms with van der Waals surface area (Å²) in [5, 5.41) is 7.84. The van der Waals surface area contributed by atoms with Crippen LogP contribution in [0.2, 0.25) is 0 Å². The zero-order valence-corrected chi connectivity index (χ0v) is 28.3. The van der Waals surface area contributed by atoms with E-state index in [1.165, 1.54) is 68.7 Å². The molecule has 0 spiro atoms. The van der Waals surface area contributed by atoms with E-state index in [9.17, 15) is 0 Å². The van der Waals surface area contributed by atoms with E-state index in [0.717, 1.165) is 17.1 Å². The van der Waals surface area contributed by atoms with Crippen molar-refractivity contribution < 1.29 is 0 Å². The molecule has 0 saturated carbocycles. The van der Waals surface area contributed by atoms with Gasteiger partial charge in [-0.3, -0.25) is 0 Å². The molecule has 0 radical (unpaired) electrons. The van der Waals surface area contributed by atoms with Crippen LogP contribution in [0.1, 0.15) is 0 Å². The van der Waals surface area contributed by atoms with Gasteiger partial charge in [0, 0.05) is 0 Å². The zero-order valence-electron chi connectivity index (χ0n) is 26.6. The van der Waals surface area contributed by atoms with Crippen LogP contribution in [0.25, 0.3) is 68.7 Å². The Kier molecular flexibility index (Phi) is 6.55. The molecule has 0 atom stereocenters. The van der Waals surface area contributed by atoms with Crippen molar-refractivity contribution in [2.75, 3.05) is 4.90 Å². The molecule has 2 aromatic heterocycles. The number of fused-ring (bicyclic) bond motifs is 8. The van der Waals surface area contributed by atoms with Crippen molar-refractivity contribution in [1.82, 2.24) is 4.57 Å². The molecule has 8 aromatic carbocycles. The molecule has 230 valence electrons. The standard InChI is InChI=1S/C46H30N2Se/c1-3-14-31(15-4-1)32-17-13-20-35(28-32)47(43-29-33-16-7-8-21-37(33)46-45(43)40-23-10-12-25-44(40)49-46)36-26-27-39-38-22-9-11-24-41(38)48(42(39)30-36)34-18-5-2-6-19-34/h1-30H. The van der Waals surface area contributed by atoms with Gasteiger partial charge in [0.1, 0.15) is 0 Å². The van der Waals surface area contributed by atoms with E-state index in [1.54, 1.807) is 0 Å². The maximum absolute atomic E-state index is 2.50. The first kappa shape index (κ1) is 28.2. The molecular weight excluding hydrogens is 659 g/mol. The van der Waals surface area contributed by atoms with Crippen LogP contribution in [0.4, 0.5) is 17.1 Å². The van der Waals surface area contributed by atoms with Gasteiger partial charge in [-0.2, -0.15) is 0 Å². The normalized spacial score (nSPS) is 11.7. The van der Waals surface area contributed by atoms with E-state index < -0.39 is 0 Å². The average molecular weight is 690 g/mol. The number of rotatable bonds is 5. The van der Waals surface area contributed by atoms with Gasteiger partial charge in [0.25, 0.3) is 0 Å². The molecule has 0 aliphatic carbocycles. The molecule has 0 aliphatic rings. The van der Waals surface area contributed by atoms with Crippen molar-refractivity contribution in [2.24, 2.45) is 0 Å². The summed E-state index contributed by atoms with van der Waals surface area (Å²) in [6, 6.07) is 66.6. The van der Waals surface area contributed by atoms with Crippen LogP contribution in [-0.2, 0) is 0 Å². The first-order chi connectivity index (χ1) is 24.3. The van der Waals surface area contributed by atoms with Crippen LogP contribution in [0, 0.1) is 0 Å². The molecule has 2 nitrogen and oxygen atoms in total. The second kappa shape index (κ2) is 11.4. The summed E-state index contributed by atoms with van der Waals surface area (Å²) in [6.45, 7) is 0. The summed E-state index contributed by atoms with van der Waals surface area (Å²) < 4.78 is 5.32. The third kappa shape index (κ3) is 4.55. The Morgan fingerprint density at radius 1 is 0.429 bits per heavy atom. The van der Waals surface area contributed by atoms with Crippen molar-refractivity contribution >= 4 is 83.4 Å². The van der Waals surface area contributed by atoms with E-state index in [2.05, 4.69) is 191 Å². The zero-order chi connectivity index (χ0) is 32.3. The number of anilines is 3. The molecule has 0 unspecified atom stereocenters. The number of benzene rings is 8. The fourth-order valence-electron chi connectivity index (χ4n) is 7.55. The van der Waals surface area contributed by atoms with E-state index in [1.807, 2.05) is 0 Å². The summed E-state index contributed by atoms with van der Waals surface area (Å²) in [6.07, 6.45) is 0. The molecule has 3 heteroatoms. The third-order valence-electron chi connectivity index (χ3n) is 9.73. The molecule has 0 bridgehead atoms. The van der Waals surface area contributed by atoms with E-state index in [-0.39, 0.29) is 14.5 Å². The minimum atomic E-state index is 0.211. The summed E-state index contributed by atoms with van der Waals surface area (Å²) >= 11 is 0.211. The predicted octanol–water partition coefficient (Wildman–Crippen LogP) is 12.4. The number of hydrogen-bond acceptors (Lipinski definition) is 1. The molecule has 0 saturated heterocycles. The first-order valence-corrected chi connectivity index (χ1v) is 18.4. The maximum atomic E-state index is 2.50. The number of para-hydroxylation sites is 2. The SMILES string of the molecule is c1ccc(-c2cccc(N(c3ccc4c5ccccc5n(-c5ccccc5)c4c3)c3cc4ccccc4c4[se]c5ccccc5c34)c2)cc1. The van der Waals surface area contributed by atoms with Gasteiger partial charge in [0.15, 0.2) is 0 Å². The molecule has 2 heterocycles. The molecule has 10 aromatic rings. The van der Waals surface area contributed by atoms with Crippen LogP contribution < -0.4 is 4.90 Å². The van der Waals surface area contributed by atoms with E-state index in [0.29, 0.717) is 0 Å². The second-order valence-electron chi connectivity index (χ2n) is 12.6. The fraction of sp³-hybridized carbons (Fsp3) is 0. The Hall–Kier alpha value is -5.86. The average Bonchev–Trinajstić information content (AvgIpc) is 3.72. The molecule has 0 N–H and O–H groups in total. The number of aromatic nitrogens is 1. The van der Waals surface area contributed by atoms with Crippen LogP contribution >= 0.6 is 0 Å². The Balaban J connectivity index is 1.32. The third-order valence-corrected chi connectivity index (χ3v) is 12.3. The van der Waals surface area contributed by atoms with Crippen molar-refractivity contribution in [3.05, 3.63) is 182 Å². The Morgan fingerprint density at radius 3 is 1.94 bits per heavy atom. The number of hydrogen-bond donors (Lipinski definition) is 0. The Bertz CT molecular complexity index is 2830. The van der Waals surface area contributed by atoms with Crippen molar-refractivity contribution in [1.29, 1.82) is 0 Å². The van der Waals surface area contributed by atoms with Gasteiger partial charge in [-0.15, -0.1) is 0 Å². The van der Waals surface area contributed by atoms with Gasteiger partial charge >= 0.3 is 292 Å². The van der Waals surface area contributed by atoms with E-state index >= 15 is 0 Å². The van der Waals surface area contributed by atoms with Crippen LogP contribution in [0.3, 0.4) is 0 Å². The molecule has 0 fully saturated rings. The molecule has 10 rings (SSSR count). The summed E-state index contributed by atoms with van der Waals surface area (Å²) in [4.78, 5) is 2.50. The summed E-state index contributed by atoms with van der Waals surface area (Å²) in [5.41, 5.74) is 9.45. The summed E-state index contributed by atoms with van der Waals surface area (Å²) in [7, 11) is 0. The van der Waals surface area contributed by atoms with Crippen LogP contribution in [0.15, 0.2) is 182 Å². The molecule has 0 amide bonds. The van der Waals surface area contributed by atoms with Crippen molar-refractivity contribution in [3.63, 3.8) is 0 Å². The number of nitrogens with zero attached hydrogens (tertiary/aromatic N) is 2. The first-order valence-electron chi connectivity index (χ1n) is 16.7. The fourth-order valence-corrected chi connectivity index (χ4v) is 10.2. The van der Waals surface area contributed by atoms with Gasteiger partial charge in [0.2, 0.25) is 0 Å². The van der Waals surface area contributed by atoms with Gasteiger partial charge in [-0.05, 0) is 0 Å². The topological polar surface area (TPSA) is 8.17 Å². The van der Waals surface area contributed by atoms with Crippen LogP contribution in [-0.4, -0.2) is 19.1 Å². The van der Waals surface area contributed by atoms with Crippen LogP contribution in [0.5, 0.6) is 0 Å². The van der Waals surface area contributed by atoms with Crippen molar-refractivity contribution in [3.8, 4) is 16.8 Å². The van der Waals surface area contributed by atoms with Gasteiger partial charge in [-0.25, -0.2) is 0 Å². The van der Waals surface area contributed by atoms with Gasteiger partial charge < -0.3 is 0 Å². The predicted molar refractivity (Wildman–Crippen MR) is 210 cm³/mol. The molecule has 0 aliphatic heterocycles. The van der Waals surface area contributed by atoms with Gasteiger partial charge in [-0.1, -0.05) is 0 Å². The summed E-state index contributed by atoms with van der Waals surface area (Å²) in [5.74, 6) is 0. The molecule has 49 heavy (non-hydrogen) atoms. The second-order valence-corrected chi connectivity index (χ2v) is 14.8. The minimum absolute atomic E-state index is 0.211. The Labute approximate surface area is 290 Å². The quantitative estimate of drug-likeness (QED) is 0.163. The van der Waals surface area contributed by atoms with Gasteiger partial charge in [0.05, 0.1) is 0 Å². The van der Waals surface area contributed by atoms with E-state index in [4.69, 9.17) is 0 Å². The Morgan fingerprint density at radius 2 is 1.08 bits per heavy atom. The van der Waals surface area contributed by atoms with Crippen molar-refractivity contribution in [2.45, 2.75) is 0 Å².